The Kier molecular flexibility index (Phi) is 6.60. The van der Waals surface area contributed by atoms with Gasteiger partial charge in [-0.15, -0.1) is 11.3 Å². The highest BCUT2D eigenvalue weighted by Crippen LogP contribution is 2.21. The lowest BCUT2D eigenvalue weighted by molar-refractivity contribution is 0.0702. The van der Waals surface area contributed by atoms with Crippen molar-refractivity contribution < 1.29 is 18.3 Å². The number of aromatic carboxylic acids is 1. The van der Waals surface area contributed by atoms with Crippen LogP contribution in [0.25, 0.3) is 0 Å². The van der Waals surface area contributed by atoms with Crippen LogP contribution in [0.2, 0.25) is 0 Å². The molecule has 114 valence electrons. The average Bonchev–Trinajstić information content (AvgIpc) is 2.88. The SMILES string of the molecule is CCCN(CC)CCNS(=O)(=O)c1ccc(C(=O)O)s1. The zero-order valence-electron chi connectivity index (χ0n) is 11.6. The lowest BCUT2D eigenvalue weighted by Crippen LogP contribution is -2.35. The molecule has 0 aromatic carbocycles. The van der Waals surface area contributed by atoms with Gasteiger partial charge in [0.25, 0.3) is 0 Å². The van der Waals surface area contributed by atoms with E-state index in [4.69, 9.17) is 5.11 Å². The van der Waals surface area contributed by atoms with E-state index in [9.17, 15) is 13.2 Å². The van der Waals surface area contributed by atoms with Crippen molar-refractivity contribution in [1.82, 2.24) is 9.62 Å². The minimum absolute atomic E-state index is 0.0199. The molecule has 0 aliphatic carbocycles. The van der Waals surface area contributed by atoms with Crippen molar-refractivity contribution in [3.63, 3.8) is 0 Å². The first-order chi connectivity index (χ1) is 9.40. The molecule has 6 nitrogen and oxygen atoms in total. The van der Waals surface area contributed by atoms with E-state index in [1.54, 1.807) is 0 Å². The van der Waals surface area contributed by atoms with Crippen molar-refractivity contribution in [3.8, 4) is 0 Å². The van der Waals surface area contributed by atoms with E-state index < -0.39 is 16.0 Å². The Labute approximate surface area is 123 Å². The Morgan fingerprint density at radius 1 is 1.35 bits per heavy atom. The molecule has 0 amide bonds. The molecule has 0 saturated heterocycles. The first-order valence-electron chi connectivity index (χ1n) is 6.45. The summed E-state index contributed by atoms with van der Waals surface area (Å²) in [4.78, 5) is 12.9. The molecule has 0 atom stereocenters. The summed E-state index contributed by atoms with van der Waals surface area (Å²) in [6.45, 7) is 6.86. The minimum atomic E-state index is -3.61. The monoisotopic (exact) mass is 320 g/mol. The molecule has 0 spiro atoms. The van der Waals surface area contributed by atoms with Crippen LogP contribution in [0.3, 0.4) is 0 Å². The van der Waals surface area contributed by atoms with Gasteiger partial charge in [-0.3, -0.25) is 0 Å². The molecule has 1 aromatic rings. The molecule has 0 unspecified atom stereocenters. The maximum Gasteiger partial charge on any atom is 0.345 e. The van der Waals surface area contributed by atoms with Gasteiger partial charge in [-0.2, -0.15) is 0 Å². The van der Waals surface area contributed by atoms with E-state index in [0.29, 0.717) is 13.1 Å². The molecule has 0 bridgehead atoms. The molecule has 0 saturated carbocycles. The number of hydrogen-bond acceptors (Lipinski definition) is 5. The maximum atomic E-state index is 12.0. The van der Waals surface area contributed by atoms with Gasteiger partial charge in [0.15, 0.2) is 0 Å². The molecule has 1 aromatic heterocycles. The fraction of sp³-hybridized carbons (Fsp3) is 0.583. The van der Waals surface area contributed by atoms with Crippen LogP contribution in [0.5, 0.6) is 0 Å². The summed E-state index contributed by atoms with van der Waals surface area (Å²) in [6, 6.07) is 2.62. The number of rotatable bonds is 9. The third-order valence-corrected chi connectivity index (χ3v) is 5.79. The molecular weight excluding hydrogens is 300 g/mol. The Bertz CT molecular complexity index is 539. The van der Waals surface area contributed by atoms with Gasteiger partial charge in [0, 0.05) is 13.1 Å². The maximum absolute atomic E-state index is 12.0. The van der Waals surface area contributed by atoms with Crippen LogP contribution >= 0.6 is 11.3 Å². The summed E-state index contributed by atoms with van der Waals surface area (Å²) in [5, 5.41) is 8.79. The van der Waals surface area contributed by atoms with Crippen LogP contribution in [0.4, 0.5) is 0 Å². The lowest BCUT2D eigenvalue weighted by atomic mass is 10.4. The fourth-order valence-electron chi connectivity index (χ4n) is 1.73. The van der Waals surface area contributed by atoms with Gasteiger partial charge in [0.05, 0.1) is 0 Å². The number of hydrogen-bond donors (Lipinski definition) is 2. The van der Waals surface area contributed by atoms with Crippen LogP contribution in [0, 0.1) is 0 Å². The molecule has 0 fully saturated rings. The van der Waals surface area contributed by atoms with E-state index >= 15 is 0 Å². The normalized spacial score (nSPS) is 11.9. The molecular formula is C12H20N2O4S2. The van der Waals surface area contributed by atoms with Crippen LogP contribution < -0.4 is 4.72 Å². The molecule has 8 heteroatoms. The molecule has 1 heterocycles. The number of nitrogens with one attached hydrogen (secondary N) is 1. The first-order valence-corrected chi connectivity index (χ1v) is 8.75. The van der Waals surface area contributed by atoms with E-state index in [1.807, 2.05) is 6.92 Å². The van der Waals surface area contributed by atoms with Crippen LogP contribution in [-0.2, 0) is 10.0 Å². The zero-order chi connectivity index (χ0) is 15.2. The Morgan fingerprint density at radius 2 is 2.05 bits per heavy atom. The Balaban J connectivity index is 2.58. The van der Waals surface area contributed by atoms with Crippen molar-refractivity contribution in [1.29, 1.82) is 0 Å². The second-order valence-electron chi connectivity index (χ2n) is 4.26. The van der Waals surface area contributed by atoms with Gasteiger partial charge in [-0.25, -0.2) is 17.9 Å². The van der Waals surface area contributed by atoms with Crippen LogP contribution in [-0.4, -0.2) is 50.6 Å². The van der Waals surface area contributed by atoms with E-state index in [-0.39, 0.29) is 9.09 Å². The number of carboxylic acids is 1. The quantitative estimate of drug-likeness (QED) is 0.719. The van der Waals surface area contributed by atoms with Crippen molar-refractivity contribution in [2.45, 2.75) is 24.5 Å². The van der Waals surface area contributed by atoms with E-state index in [1.165, 1.54) is 12.1 Å². The topological polar surface area (TPSA) is 86.7 Å². The van der Waals surface area contributed by atoms with Gasteiger partial charge in [-0.05, 0) is 31.6 Å². The molecule has 0 aliphatic rings. The highest BCUT2D eigenvalue weighted by Gasteiger charge is 2.18. The summed E-state index contributed by atoms with van der Waals surface area (Å²) in [5.74, 6) is -1.11. The van der Waals surface area contributed by atoms with Gasteiger partial charge in [0.1, 0.15) is 9.09 Å². The van der Waals surface area contributed by atoms with Crippen molar-refractivity contribution in [3.05, 3.63) is 17.0 Å². The summed E-state index contributed by atoms with van der Waals surface area (Å²) in [6.07, 6.45) is 1.02. The van der Waals surface area contributed by atoms with Crippen molar-refractivity contribution in [2.24, 2.45) is 0 Å². The summed E-state index contributed by atoms with van der Waals surface area (Å²) in [5.41, 5.74) is 0. The number of thiophene rings is 1. The van der Waals surface area contributed by atoms with E-state index in [0.717, 1.165) is 30.8 Å². The molecule has 1 rings (SSSR count). The fourth-order valence-corrected chi connectivity index (χ4v) is 3.94. The Morgan fingerprint density at radius 3 is 2.55 bits per heavy atom. The van der Waals surface area contributed by atoms with Crippen molar-refractivity contribution >= 4 is 27.3 Å². The third kappa shape index (κ3) is 4.86. The molecule has 0 aliphatic heterocycles. The number of likely N-dealkylation sites (N-methyl/N-ethyl adjacent to an activating group) is 1. The van der Waals surface area contributed by atoms with E-state index in [2.05, 4.69) is 16.5 Å². The van der Waals surface area contributed by atoms with Crippen molar-refractivity contribution in [2.75, 3.05) is 26.2 Å². The van der Waals surface area contributed by atoms with Gasteiger partial charge in [-0.1, -0.05) is 13.8 Å². The summed E-state index contributed by atoms with van der Waals surface area (Å²) < 4.78 is 26.5. The molecule has 0 radical (unpaired) electrons. The highest BCUT2D eigenvalue weighted by molar-refractivity contribution is 7.91. The molecule has 2 N–H and O–H groups in total. The number of carbonyl (C=O) groups is 1. The minimum Gasteiger partial charge on any atom is -0.477 e. The number of sulfonamides is 1. The number of nitrogens with zero attached hydrogens (tertiary/aromatic N) is 1. The zero-order valence-corrected chi connectivity index (χ0v) is 13.3. The average molecular weight is 320 g/mol. The third-order valence-electron chi connectivity index (χ3n) is 2.76. The first kappa shape index (κ1) is 17.1. The second kappa shape index (κ2) is 7.72. The van der Waals surface area contributed by atoms with Crippen LogP contribution in [0.1, 0.15) is 29.9 Å². The Hall–Kier alpha value is -0.960. The molecule has 20 heavy (non-hydrogen) atoms. The smallest absolute Gasteiger partial charge is 0.345 e. The van der Waals surface area contributed by atoms with Crippen LogP contribution in [0.15, 0.2) is 16.3 Å². The number of carboxylic acid groups (broad SMARTS) is 1. The predicted molar refractivity (Wildman–Crippen MR) is 78.9 cm³/mol. The van der Waals surface area contributed by atoms with Gasteiger partial charge < -0.3 is 10.0 Å². The second-order valence-corrected chi connectivity index (χ2v) is 7.33. The van der Waals surface area contributed by atoms with Gasteiger partial charge in [0.2, 0.25) is 10.0 Å². The highest BCUT2D eigenvalue weighted by atomic mass is 32.2. The lowest BCUT2D eigenvalue weighted by Gasteiger charge is -2.19. The predicted octanol–water partition coefficient (Wildman–Crippen LogP) is 1.46. The summed E-state index contributed by atoms with van der Waals surface area (Å²) in [7, 11) is -3.61. The largest absolute Gasteiger partial charge is 0.477 e. The van der Waals surface area contributed by atoms with Gasteiger partial charge >= 0.3 is 5.97 Å². The standard InChI is InChI=1S/C12H20N2O4S2/c1-3-8-14(4-2)9-7-13-20(17,18)11-6-5-10(19-11)12(15)16/h5-6,13H,3-4,7-9H2,1-2H3,(H,15,16). The summed E-state index contributed by atoms with van der Waals surface area (Å²) >= 11 is 0.759.